The van der Waals surface area contributed by atoms with E-state index in [2.05, 4.69) is 46.7 Å². The Morgan fingerprint density at radius 1 is 1.50 bits per heavy atom. The van der Waals surface area contributed by atoms with Crippen LogP contribution in [0.2, 0.25) is 0 Å². The highest BCUT2D eigenvalue weighted by Gasteiger charge is 1.98. The van der Waals surface area contributed by atoms with Gasteiger partial charge in [-0.1, -0.05) is 13.3 Å². The lowest BCUT2D eigenvalue weighted by atomic mass is 10.3. The van der Waals surface area contributed by atoms with Crippen LogP contribution >= 0.6 is 0 Å². The van der Waals surface area contributed by atoms with Gasteiger partial charge in [-0.2, -0.15) is 5.26 Å². The summed E-state index contributed by atoms with van der Waals surface area (Å²) in [6, 6.07) is 1.28. The van der Waals surface area contributed by atoms with Gasteiger partial charge in [-0.15, -0.1) is 6.01 Å². The summed E-state index contributed by atoms with van der Waals surface area (Å²) in [5.74, 6) is 0. The molecule has 0 aliphatic carbocycles. The zero-order chi connectivity index (χ0) is 12.2. The number of imidazole rings is 1. The van der Waals surface area contributed by atoms with Crippen molar-refractivity contribution in [2.24, 2.45) is 4.99 Å². The van der Waals surface area contributed by atoms with E-state index in [9.17, 15) is 0 Å². The standard InChI is InChI=1S/C9H17N2.C2N3/c1-3-5-6-11-8-7-10(4-2)9-11;3-1-5-2-4/h7-9H,3-6H2,1-2H3;/q+1;-1. The fourth-order valence-electron chi connectivity index (χ4n) is 1.12. The zero-order valence-corrected chi connectivity index (χ0v) is 9.80. The Balaban J connectivity index is 0.000000385. The molecule has 1 rings (SSSR count). The SMILES string of the molecule is CCCC[n+]1ccn(CC)c1.N#CN=C=[N-]. The molecule has 1 heterocycles. The first-order chi connectivity index (χ1) is 7.78. The van der Waals surface area contributed by atoms with Crippen LogP contribution in [0.3, 0.4) is 0 Å². The molecule has 0 aliphatic rings. The van der Waals surface area contributed by atoms with Crippen LogP contribution in [0.5, 0.6) is 0 Å². The summed E-state index contributed by atoms with van der Waals surface area (Å²) in [5, 5.41) is 14.9. The molecule has 0 radical (unpaired) electrons. The molecule has 5 nitrogen and oxygen atoms in total. The number of nitrogens with zero attached hydrogens (tertiary/aromatic N) is 5. The monoisotopic (exact) mass is 219 g/mol. The first-order valence-corrected chi connectivity index (χ1v) is 5.31. The van der Waals surface area contributed by atoms with E-state index < -0.39 is 0 Å². The molecular formula is C11H17N5. The second kappa shape index (κ2) is 9.63. The average Bonchev–Trinajstić information content (AvgIpc) is 2.76. The largest absolute Gasteiger partial charge is 0.422 e. The van der Waals surface area contributed by atoms with Crippen molar-refractivity contribution in [1.29, 1.82) is 5.26 Å². The number of aromatic nitrogens is 2. The highest BCUT2D eigenvalue weighted by atomic mass is 15.1. The van der Waals surface area contributed by atoms with Crippen LogP contribution in [0.25, 0.3) is 5.41 Å². The number of rotatable bonds is 4. The predicted octanol–water partition coefficient (Wildman–Crippen LogP) is 1.81. The molecule has 1 aromatic rings. The molecule has 1 aromatic heterocycles. The van der Waals surface area contributed by atoms with Crippen LogP contribution in [-0.4, -0.2) is 10.6 Å². The van der Waals surface area contributed by atoms with Crippen molar-refractivity contribution in [2.75, 3.05) is 0 Å². The Kier molecular flexibility index (Phi) is 8.47. The third kappa shape index (κ3) is 6.52. The van der Waals surface area contributed by atoms with E-state index in [0.29, 0.717) is 0 Å². The lowest BCUT2D eigenvalue weighted by Crippen LogP contribution is -2.30. The lowest BCUT2D eigenvalue weighted by Gasteiger charge is -1.91. The van der Waals surface area contributed by atoms with Crippen LogP contribution in [0.15, 0.2) is 23.7 Å². The summed E-state index contributed by atoms with van der Waals surface area (Å²) in [7, 11) is 0. The second-order valence-corrected chi connectivity index (χ2v) is 3.15. The van der Waals surface area contributed by atoms with Gasteiger partial charge in [0, 0.05) is 0 Å². The summed E-state index contributed by atoms with van der Waals surface area (Å²) in [4.78, 5) is 2.58. The van der Waals surface area contributed by atoms with Gasteiger partial charge in [0.15, 0.2) is 0 Å². The molecule has 0 bridgehead atoms. The molecule has 0 atom stereocenters. The predicted molar refractivity (Wildman–Crippen MR) is 61.6 cm³/mol. The Bertz CT molecular complexity index is 368. The molecule has 0 unspecified atom stereocenters. The number of aryl methyl sites for hydroxylation is 2. The molecule has 0 N–H and O–H groups in total. The van der Waals surface area contributed by atoms with Crippen LogP contribution in [0, 0.1) is 11.5 Å². The third-order valence-electron chi connectivity index (χ3n) is 1.98. The molecular weight excluding hydrogens is 202 g/mol. The van der Waals surface area contributed by atoms with E-state index >= 15 is 0 Å². The Morgan fingerprint density at radius 2 is 2.25 bits per heavy atom. The van der Waals surface area contributed by atoms with Gasteiger partial charge in [0.2, 0.25) is 6.33 Å². The van der Waals surface area contributed by atoms with Crippen molar-refractivity contribution < 1.29 is 4.57 Å². The van der Waals surface area contributed by atoms with E-state index in [4.69, 9.17) is 10.7 Å². The van der Waals surface area contributed by atoms with Gasteiger partial charge in [0.25, 0.3) is 0 Å². The molecule has 0 aliphatic heterocycles. The zero-order valence-electron chi connectivity index (χ0n) is 9.80. The molecule has 0 saturated heterocycles. The minimum atomic E-state index is 1.07. The van der Waals surface area contributed by atoms with E-state index in [0.717, 1.165) is 13.1 Å². The molecule has 5 heteroatoms. The van der Waals surface area contributed by atoms with Crippen LogP contribution in [0.4, 0.5) is 0 Å². The van der Waals surface area contributed by atoms with Crippen LogP contribution in [-0.2, 0) is 13.1 Å². The molecule has 0 aromatic carbocycles. The maximum absolute atomic E-state index is 7.43. The first kappa shape index (κ1) is 14.1. The molecule has 86 valence electrons. The van der Waals surface area contributed by atoms with Gasteiger partial charge >= 0.3 is 0 Å². The number of unbranched alkanes of at least 4 members (excludes halogenated alkanes) is 1. The van der Waals surface area contributed by atoms with Crippen molar-refractivity contribution >= 4 is 6.01 Å². The third-order valence-corrected chi connectivity index (χ3v) is 1.98. The van der Waals surface area contributed by atoms with Gasteiger partial charge in [-0.05, 0) is 13.3 Å². The molecule has 0 fully saturated rings. The van der Waals surface area contributed by atoms with E-state index in [1.807, 2.05) is 0 Å². The maximum Gasteiger partial charge on any atom is 0.243 e. The summed E-state index contributed by atoms with van der Waals surface area (Å²) in [6.45, 7) is 6.60. The summed E-state index contributed by atoms with van der Waals surface area (Å²) in [6.07, 6.45) is 10.2. The normalized spacial score (nSPS) is 8.31. The number of nitriles is 1. The van der Waals surface area contributed by atoms with Gasteiger partial charge in [0.05, 0.1) is 19.3 Å². The highest BCUT2D eigenvalue weighted by Crippen LogP contribution is 1.87. The average molecular weight is 219 g/mol. The minimum absolute atomic E-state index is 1.07. The Morgan fingerprint density at radius 3 is 2.62 bits per heavy atom. The van der Waals surface area contributed by atoms with E-state index in [1.165, 1.54) is 25.0 Å². The van der Waals surface area contributed by atoms with Crippen molar-refractivity contribution in [1.82, 2.24) is 4.57 Å². The number of aliphatic imine (C=N–C) groups is 1. The molecule has 0 amide bonds. The Hall–Kier alpha value is -1.92. The van der Waals surface area contributed by atoms with Gasteiger partial charge in [-0.3, -0.25) is 0 Å². The minimum Gasteiger partial charge on any atom is -0.422 e. The Labute approximate surface area is 96.2 Å². The van der Waals surface area contributed by atoms with Crippen molar-refractivity contribution in [3.63, 3.8) is 0 Å². The maximum atomic E-state index is 7.43. The van der Waals surface area contributed by atoms with Crippen molar-refractivity contribution in [3.05, 3.63) is 24.1 Å². The van der Waals surface area contributed by atoms with Gasteiger partial charge < -0.3 is 10.4 Å². The van der Waals surface area contributed by atoms with Crippen molar-refractivity contribution in [2.45, 2.75) is 39.8 Å². The van der Waals surface area contributed by atoms with Crippen LogP contribution < -0.4 is 4.57 Å². The van der Waals surface area contributed by atoms with Gasteiger partial charge in [0.1, 0.15) is 12.4 Å². The molecule has 16 heavy (non-hydrogen) atoms. The quantitative estimate of drug-likeness (QED) is 0.432. The van der Waals surface area contributed by atoms with E-state index in [-0.39, 0.29) is 0 Å². The fraction of sp³-hybridized carbons (Fsp3) is 0.545. The smallest absolute Gasteiger partial charge is 0.243 e. The topological polar surface area (TPSA) is 67.3 Å². The number of hydrogen-bond donors (Lipinski definition) is 0. The fourth-order valence-corrected chi connectivity index (χ4v) is 1.12. The lowest BCUT2D eigenvalue weighted by molar-refractivity contribution is -0.696. The summed E-state index contributed by atoms with van der Waals surface area (Å²) in [5.41, 5.74) is 0. The van der Waals surface area contributed by atoms with Crippen LogP contribution in [0.1, 0.15) is 26.7 Å². The summed E-state index contributed by atoms with van der Waals surface area (Å²) >= 11 is 0. The summed E-state index contributed by atoms with van der Waals surface area (Å²) < 4.78 is 4.43. The van der Waals surface area contributed by atoms with Gasteiger partial charge in [-0.25, -0.2) is 9.13 Å². The first-order valence-electron chi connectivity index (χ1n) is 5.31. The number of hydrogen-bond acceptors (Lipinski definition) is 2. The van der Waals surface area contributed by atoms with Crippen molar-refractivity contribution in [3.8, 4) is 6.19 Å². The molecule has 0 saturated carbocycles. The highest BCUT2D eigenvalue weighted by molar-refractivity contribution is 5.46. The molecule has 0 spiro atoms. The second-order valence-electron chi connectivity index (χ2n) is 3.15. The van der Waals surface area contributed by atoms with E-state index in [1.54, 1.807) is 0 Å².